The summed E-state index contributed by atoms with van der Waals surface area (Å²) in [7, 11) is 4.00. The van der Waals surface area contributed by atoms with Crippen molar-refractivity contribution in [3.05, 3.63) is 10.4 Å². The highest BCUT2D eigenvalue weighted by molar-refractivity contribution is 7.17. The molecule has 14 heavy (non-hydrogen) atoms. The minimum Gasteiger partial charge on any atom is -0.397 e. The van der Waals surface area contributed by atoms with Gasteiger partial charge in [0, 0.05) is 19.7 Å². The fourth-order valence-electron chi connectivity index (χ4n) is 1.63. The first-order valence-corrected chi connectivity index (χ1v) is 5.46. The average Bonchev–Trinajstić information content (AvgIpc) is 2.90. The van der Waals surface area contributed by atoms with E-state index in [1.54, 1.807) is 0 Å². The molecule has 2 rings (SSSR count). The second-order valence-corrected chi connectivity index (χ2v) is 4.84. The van der Waals surface area contributed by atoms with Crippen molar-refractivity contribution in [3.8, 4) is 6.07 Å². The van der Waals surface area contributed by atoms with E-state index in [1.807, 2.05) is 14.1 Å². The first-order valence-electron chi connectivity index (χ1n) is 4.64. The van der Waals surface area contributed by atoms with E-state index in [4.69, 9.17) is 11.0 Å². The van der Waals surface area contributed by atoms with Gasteiger partial charge < -0.3 is 10.6 Å². The molecular weight excluding hydrogens is 194 g/mol. The van der Waals surface area contributed by atoms with Gasteiger partial charge in [-0.05, 0) is 18.8 Å². The number of thiophene rings is 1. The molecule has 1 saturated carbocycles. The molecule has 2 N–H and O–H groups in total. The number of nitrogen functional groups attached to an aromatic ring is 1. The second-order valence-electron chi connectivity index (χ2n) is 3.84. The normalized spacial score (nSPS) is 15.2. The van der Waals surface area contributed by atoms with Gasteiger partial charge in [-0.2, -0.15) is 5.26 Å². The van der Waals surface area contributed by atoms with Crippen LogP contribution in [0.5, 0.6) is 0 Å². The predicted molar refractivity (Wildman–Crippen MR) is 59.7 cm³/mol. The van der Waals surface area contributed by atoms with Gasteiger partial charge in [0.25, 0.3) is 0 Å². The highest BCUT2D eigenvalue weighted by Gasteiger charge is 2.31. The lowest BCUT2D eigenvalue weighted by atomic mass is 10.1. The Morgan fingerprint density at radius 3 is 2.57 bits per heavy atom. The van der Waals surface area contributed by atoms with Gasteiger partial charge in [-0.25, -0.2) is 0 Å². The monoisotopic (exact) mass is 207 g/mol. The minimum absolute atomic E-state index is 0.603. The van der Waals surface area contributed by atoms with E-state index in [-0.39, 0.29) is 0 Å². The van der Waals surface area contributed by atoms with Crippen LogP contribution in [0.25, 0.3) is 0 Å². The first kappa shape index (κ1) is 9.35. The topological polar surface area (TPSA) is 53.0 Å². The molecule has 1 aromatic heterocycles. The molecule has 1 aliphatic carbocycles. The van der Waals surface area contributed by atoms with Crippen molar-refractivity contribution >= 4 is 22.0 Å². The summed E-state index contributed by atoms with van der Waals surface area (Å²) in [6, 6.07) is 2.16. The zero-order valence-corrected chi connectivity index (χ0v) is 9.19. The molecule has 1 fully saturated rings. The molecular formula is C10H13N3S. The summed E-state index contributed by atoms with van der Waals surface area (Å²) in [5, 5.41) is 10.1. The van der Waals surface area contributed by atoms with Crippen molar-refractivity contribution in [2.75, 3.05) is 24.7 Å². The van der Waals surface area contributed by atoms with E-state index in [2.05, 4.69) is 11.0 Å². The van der Waals surface area contributed by atoms with Crippen LogP contribution in [-0.2, 0) is 0 Å². The van der Waals surface area contributed by atoms with Gasteiger partial charge in [-0.15, -0.1) is 11.3 Å². The molecule has 0 saturated heterocycles. The number of hydrogen-bond acceptors (Lipinski definition) is 4. The lowest BCUT2D eigenvalue weighted by molar-refractivity contribution is 1.08. The van der Waals surface area contributed by atoms with Crippen LogP contribution in [0.4, 0.5) is 10.7 Å². The smallest absolute Gasteiger partial charge is 0.130 e. The highest BCUT2D eigenvalue weighted by Crippen LogP contribution is 2.51. The Labute approximate surface area is 87.7 Å². The molecule has 0 amide bonds. The predicted octanol–water partition coefficient (Wildman–Crippen LogP) is 2.15. The van der Waals surface area contributed by atoms with Gasteiger partial charge in [0.2, 0.25) is 0 Å². The molecule has 1 heterocycles. The lowest BCUT2D eigenvalue weighted by Gasteiger charge is -2.12. The number of rotatable bonds is 2. The maximum atomic E-state index is 8.90. The SMILES string of the molecule is CN(C)c1sc(C#N)c(N)c1C1CC1. The van der Waals surface area contributed by atoms with Crippen LogP contribution in [0.2, 0.25) is 0 Å². The van der Waals surface area contributed by atoms with Gasteiger partial charge in [0.15, 0.2) is 0 Å². The quantitative estimate of drug-likeness (QED) is 0.808. The molecule has 0 bridgehead atoms. The summed E-state index contributed by atoms with van der Waals surface area (Å²) in [6.45, 7) is 0. The van der Waals surface area contributed by atoms with Crippen molar-refractivity contribution in [1.82, 2.24) is 0 Å². The van der Waals surface area contributed by atoms with Gasteiger partial charge in [0.1, 0.15) is 10.9 Å². The molecule has 1 aromatic rings. The molecule has 1 aliphatic rings. The van der Waals surface area contributed by atoms with Gasteiger partial charge in [-0.3, -0.25) is 0 Å². The number of hydrogen-bond donors (Lipinski definition) is 1. The number of nitriles is 1. The zero-order valence-electron chi connectivity index (χ0n) is 8.37. The van der Waals surface area contributed by atoms with Gasteiger partial charge >= 0.3 is 0 Å². The third-order valence-corrected chi connectivity index (χ3v) is 3.75. The van der Waals surface area contributed by atoms with Crippen LogP contribution in [-0.4, -0.2) is 14.1 Å². The van der Waals surface area contributed by atoms with E-state index >= 15 is 0 Å². The standard InChI is InChI=1S/C10H13N3S/c1-13(2)10-8(6-3-4-6)9(12)7(5-11)14-10/h6H,3-4,12H2,1-2H3. The molecule has 74 valence electrons. The van der Waals surface area contributed by atoms with E-state index in [0.29, 0.717) is 16.5 Å². The Hall–Kier alpha value is -1.21. The van der Waals surface area contributed by atoms with Crippen molar-refractivity contribution < 1.29 is 0 Å². The lowest BCUT2D eigenvalue weighted by Crippen LogP contribution is -2.08. The number of nitrogens with two attached hydrogens (primary N) is 1. The minimum atomic E-state index is 0.603. The van der Waals surface area contributed by atoms with Crippen molar-refractivity contribution in [3.63, 3.8) is 0 Å². The molecule has 0 unspecified atom stereocenters. The molecule has 0 radical (unpaired) electrons. The number of anilines is 2. The van der Waals surface area contributed by atoms with Crippen LogP contribution in [0.1, 0.15) is 29.2 Å². The van der Waals surface area contributed by atoms with E-state index in [1.165, 1.54) is 29.7 Å². The summed E-state index contributed by atoms with van der Waals surface area (Å²) >= 11 is 1.50. The molecule has 0 aromatic carbocycles. The Morgan fingerprint density at radius 2 is 2.14 bits per heavy atom. The maximum Gasteiger partial charge on any atom is 0.130 e. The third kappa shape index (κ3) is 1.34. The van der Waals surface area contributed by atoms with E-state index in [0.717, 1.165) is 5.00 Å². The highest BCUT2D eigenvalue weighted by atomic mass is 32.1. The molecule has 0 aliphatic heterocycles. The molecule has 3 nitrogen and oxygen atoms in total. The van der Waals surface area contributed by atoms with Gasteiger partial charge in [0.05, 0.1) is 10.7 Å². The van der Waals surface area contributed by atoms with Crippen LogP contribution < -0.4 is 10.6 Å². The summed E-state index contributed by atoms with van der Waals surface area (Å²) < 4.78 is 0. The van der Waals surface area contributed by atoms with Crippen molar-refractivity contribution in [2.45, 2.75) is 18.8 Å². The van der Waals surface area contributed by atoms with E-state index in [9.17, 15) is 0 Å². The van der Waals surface area contributed by atoms with Gasteiger partial charge in [-0.1, -0.05) is 0 Å². The largest absolute Gasteiger partial charge is 0.397 e. The Balaban J connectivity index is 2.53. The van der Waals surface area contributed by atoms with Crippen molar-refractivity contribution in [2.24, 2.45) is 0 Å². The first-order chi connectivity index (χ1) is 6.65. The summed E-state index contributed by atoms with van der Waals surface area (Å²) in [4.78, 5) is 2.71. The van der Waals surface area contributed by atoms with Crippen molar-refractivity contribution in [1.29, 1.82) is 5.26 Å². The number of nitrogens with zero attached hydrogens (tertiary/aromatic N) is 2. The zero-order chi connectivity index (χ0) is 10.3. The summed E-state index contributed by atoms with van der Waals surface area (Å²) in [5.74, 6) is 0.603. The van der Waals surface area contributed by atoms with Crippen LogP contribution in [0, 0.1) is 11.3 Å². The fourth-order valence-corrected chi connectivity index (χ4v) is 2.65. The second kappa shape index (κ2) is 3.18. The fraction of sp³-hybridized carbons (Fsp3) is 0.500. The molecule has 4 heteroatoms. The average molecular weight is 207 g/mol. The van der Waals surface area contributed by atoms with Crippen LogP contribution >= 0.6 is 11.3 Å². The molecule has 0 atom stereocenters. The Bertz CT molecular complexity index is 396. The molecule has 0 spiro atoms. The third-order valence-electron chi connectivity index (χ3n) is 2.46. The Morgan fingerprint density at radius 1 is 1.50 bits per heavy atom. The maximum absolute atomic E-state index is 8.90. The Kier molecular flexibility index (Phi) is 2.12. The van der Waals surface area contributed by atoms with Crippen LogP contribution in [0.15, 0.2) is 0 Å². The summed E-state index contributed by atoms with van der Waals surface area (Å²) in [6.07, 6.45) is 2.43. The van der Waals surface area contributed by atoms with E-state index < -0.39 is 0 Å². The summed E-state index contributed by atoms with van der Waals surface area (Å²) in [5.41, 5.74) is 7.87. The van der Waals surface area contributed by atoms with Crippen LogP contribution in [0.3, 0.4) is 0 Å².